The van der Waals surface area contributed by atoms with E-state index < -0.39 is 0 Å². The molecule has 0 aliphatic heterocycles. The largest absolute Gasteiger partial charge is 0.310 e. The second-order valence-corrected chi connectivity index (χ2v) is 6.35. The third-order valence-electron chi connectivity index (χ3n) is 2.05. The van der Waals surface area contributed by atoms with Crippen LogP contribution in [0.2, 0.25) is 4.34 Å². The predicted octanol–water partition coefficient (Wildman–Crippen LogP) is 2.99. The topological polar surface area (TPSA) is 29.9 Å². The van der Waals surface area contributed by atoms with E-state index in [9.17, 15) is 0 Å². The van der Waals surface area contributed by atoms with Gasteiger partial charge < -0.3 is 5.32 Å². The van der Waals surface area contributed by atoms with Crippen LogP contribution >= 0.6 is 45.5 Å². The molecule has 2 aromatic rings. The molecule has 86 valence electrons. The van der Waals surface area contributed by atoms with Gasteiger partial charge in [-0.2, -0.15) is 5.10 Å². The van der Waals surface area contributed by atoms with Gasteiger partial charge in [0.05, 0.1) is 20.6 Å². The maximum Gasteiger partial charge on any atom is 0.0931 e. The van der Waals surface area contributed by atoms with Crippen LogP contribution in [0.1, 0.15) is 4.88 Å². The number of hydrogen-bond donors (Lipinski definition) is 1. The monoisotopic (exact) mass is 367 g/mol. The molecule has 2 aromatic heterocycles. The predicted molar refractivity (Wildman–Crippen MR) is 76.0 cm³/mol. The molecule has 0 bridgehead atoms. The Hall–Kier alpha value is -0.110. The number of nitrogens with zero attached hydrogens (tertiary/aromatic N) is 2. The number of aromatic nitrogens is 2. The van der Waals surface area contributed by atoms with Crippen LogP contribution in [0.3, 0.4) is 0 Å². The first kappa shape index (κ1) is 12.3. The molecule has 2 heterocycles. The zero-order valence-electron chi connectivity index (χ0n) is 8.49. The Morgan fingerprint density at radius 1 is 1.50 bits per heavy atom. The van der Waals surface area contributed by atoms with Crippen LogP contribution in [0.4, 0.5) is 0 Å². The van der Waals surface area contributed by atoms with Gasteiger partial charge in [0.1, 0.15) is 0 Å². The molecule has 0 atom stereocenters. The second kappa shape index (κ2) is 6.00. The first-order chi connectivity index (χ1) is 7.74. The second-order valence-electron chi connectivity index (χ2n) is 3.30. The lowest BCUT2D eigenvalue weighted by Gasteiger charge is -2.03. The van der Waals surface area contributed by atoms with E-state index in [4.69, 9.17) is 11.6 Å². The molecule has 6 heteroatoms. The van der Waals surface area contributed by atoms with Gasteiger partial charge in [0.25, 0.3) is 0 Å². The van der Waals surface area contributed by atoms with Gasteiger partial charge in [0, 0.05) is 24.2 Å². The standard InChI is InChI=1S/C10H11ClIN3S/c11-10-2-1-9(16-10)6-13-3-4-15-7-8(12)5-14-15/h1-2,5,7,13H,3-4,6H2. The summed E-state index contributed by atoms with van der Waals surface area (Å²) >= 11 is 9.72. The van der Waals surface area contributed by atoms with Gasteiger partial charge in [-0.3, -0.25) is 4.68 Å². The summed E-state index contributed by atoms with van der Waals surface area (Å²) in [6.07, 6.45) is 3.89. The zero-order valence-corrected chi connectivity index (χ0v) is 12.2. The highest BCUT2D eigenvalue weighted by Crippen LogP contribution is 2.20. The van der Waals surface area contributed by atoms with E-state index in [0.717, 1.165) is 24.0 Å². The number of rotatable bonds is 5. The lowest BCUT2D eigenvalue weighted by molar-refractivity contribution is 0.556. The van der Waals surface area contributed by atoms with Gasteiger partial charge in [-0.15, -0.1) is 11.3 Å². The molecular weight excluding hydrogens is 357 g/mol. The number of hydrogen-bond acceptors (Lipinski definition) is 3. The Labute approximate surface area is 117 Å². The number of thiophene rings is 1. The van der Waals surface area contributed by atoms with Crippen molar-refractivity contribution in [3.8, 4) is 0 Å². The lowest BCUT2D eigenvalue weighted by Crippen LogP contribution is -2.19. The van der Waals surface area contributed by atoms with Crippen LogP contribution in [0.15, 0.2) is 24.5 Å². The van der Waals surface area contributed by atoms with Crippen molar-refractivity contribution in [2.75, 3.05) is 6.54 Å². The van der Waals surface area contributed by atoms with Gasteiger partial charge in [0.2, 0.25) is 0 Å². The van der Waals surface area contributed by atoms with Crippen LogP contribution in [-0.2, 0) is 13.1 Å². The molecule has 0 aliphatic carbocycles. The van der Waals surface area contributed by atoms with Crippen LogP contribution in [0.5, 0.6) is 0 Å². The molecule has 1 N–H and O–H groups in total. The first-order valence-corrected chi connectivity index (χ1v) is 7.14. The number of nitrogens with one attached hydrogen (secondary N) is 1. The highest BCUT2D eigenvalue weighted by atomic mass is 127. The van der Waals surface area contributed by atoms with E-state index in [0.29, 0.717) is 0 Å². The minimum Gasteiger partial charge on any atom is -0.310 e. The summed E-state index contributed by atoms with van der Waals surface area (Å²) in [5.41, 5.74) is 0. The summed E-state index contributed by atoms with van der Waals surface area (Å²) in [5.74, 6) is 0. The average Bonchev–Trinajstić information content (AvgIpc) is 2.83. The van der Waals surface area contributed by atoms with Crippen molar-refractivity contribution < 1.29 is 0 Å². The van der Waals surface area contributed by atoms with Crippen LogP contribution in [-0.4, -0.2) is 16.3 Å². The third kappa shape index (κ3) is 3.73. The summed E-state index contributed by atoms with van der Waals surface area (Å²) in [4.78, 5) is 1.26. The Balaban J connectivity index is 1.69. The summed E-state index contributed by atoms with van der Waals surface area (Å²) in [7, 11) is 0. The van der Waals surface area contributed by atoms with Crippen molar-refractivity contribution in [3.63, 3.8) is 0 Å². The van der Waals surface area contributed by atoms with E-state index in [2.05, 4.69) is 39.1 Å². The van der Waals surface area contributed by atoms with Crippen molar-refractivity contribution in [2.45, 2.75) is 13.1 Å². The van der Waals surface area contributed by atoms with Crippen LogP contribution in [0.25, 0.3) is 0 Å². The summed E-state index contributed by atoms with van der Waals surface area (Å²) in [6, 6.07) is 3.98. The van der Waals surface area contributed by atoms with Crippen molar-refractivity contribution in [1.29, 1.82) is 0 Å². The first-order valence-electron chi connectivity index (χ1n) is 4.87. The van der Waals surface area contributed by atoms with E-state index in [1.807, 2.05) is 23.1 Å². The van der Waals surface area contributed by atoms with Gasteiger partial charge in [-0.05, 0) is 34.7 Å². The maximum absolute atomic E-state index is 5.85. The smallest absolute Gasteiger partial charge is 0.0931 e. The summed E-state index contributed by atoms with van der Waals surface area (Å²) < 4.78 is 3.96. The fraction of sp³-hybridized carbons (Fsp3) is 0.300. The minimum atomic E-state index is 0.846. The minimum absolute atomic E-state index is 0.846. The fourth-order valence-corrected chi connectivity index (χ4v) is 2.82. The van der Waals surface area contributed by atoms with Gasteiger partial charge in [-0.1, -0.05) is 11.6 Å². The molecule has 0 saturated heterocycles. The Kier molecular flexibility index (Phi) is 4.63. The Bertz CT molecular complexity index is 412. The van der Waals surface area contributed by atoms with Crippen molar-refractivity contribution in [2.24, 2.45) is 0 Å². The van der Waals surface area contributed by atoms with Crippen LogP contribution in [0, 0.1) is 3.57 Å². The van der Waals surface area contributed by atoms with Gasteiger partial charge >= 0.3 is 0 Å². The fourth-order valence-electron chi connectivity index (χ4n) is 1.31. The Morgan fingerprint density at radius 2 is 2.38 bits per heavy atom. The SMILES string of the molecule is Clc1ccc(CNCCn2cc(I)cn2)s1. The normalized spacial score (nSPS) is 10.9. The number of halogens is 2. The van der Waals surface area contributed by atoms with Crippen molar-refractivity contribution >= 4 is 45.5 Å². The zero-order chi connectivity index (χ0) is 11.4. The molecule has 0 aliphatic rings. The van der Waals surface area contributed by atoms with Gasteiger partial charge in [0.15, 0.2) is 0 Å². The molecule has 0 saturated carbocycles. The van der Waals surface area contributed by atoms with Crippen molar-refractivity contribution in [1.82, 2.24) is 15.1 Å². The molecular formula is C10H11ClIN3S. The molecule has 0 spiro atoms. The third-order valence-corrected chi connectivity index (χ3v) is 3.84. The van der Waals surface area contributed by atoms with E-state index in [1.165, 1.54) is 8.45 Å². The van der Waals surface area contributed by atoms with Gasteiger partial charge in [-0.25, -0.2) is 0 Å². The van der Waals surface area contributed by atoms with Crippen molar-refractivity contribution in [3.05, 3.63) is 37.3 Å². The molecule has 0 fully saturated rings. The Morgan fingerprint density at radius 3 is 3.00 bits per heavy atom. The molecule has 0 aromatic carbocycles. The molecule has 0 unspecified atom stereocenters. The lowest BCUT2D eigenvalue weighted by atomic mass is 10.4. The molecule has 0 radical (unpaired) electrons. The van der Waals surface area contributed by atoms with E-state index >= 15 is 0 Å². The quantitative estimate of drug-likeness (QED) is 0.650. The molecule has 2 rings (SSSR count). The van der Waals surface area contributed by atoms with Crippen LogP contribution < -0.4 is 5.32 Å². The average molecular weight is 368 g/mol. The molecule has 16 heavy (non-hydrogen) atoms. The highest BCUT2D eigenvalue weighted by Gasteiger charge is 1.98. The molecule has 3 nitrogen and oxygen atoms in total. The molecule has 0 amide bonds. The summed E-state index contributed by atoms with van der Waals surface area (Å²) in [6.45, 7) is 2.67. The van der Waals surface area contributed by atoms with E-state index in [-0.39, 0.29) is 0 Å². The maximum atomic E-state index is 5.85. The highest BCUT2D eigenvalue weighted by molar-refractivity contribution is 14.1. The van der Waals surface area contributed by atoms with E-state index in [1.54, 1.807) is 11.3 Å². The summed E-state index contributed by atoms with van der Waals surface area (Å²) in [5, 5.41) is 7.58.